The van der Waals surface area contributed by atoms with Gasteiger partial charge in [0.2, 0.25) is 0 Å². The van der Waals surface area contributed by atoms with Crippen molar-refractivity contribution in [2.45, 2.75) is 39.2 Å². The van der Waals surface area contributed by atoms with E-state index in [1.807, 2.05) is 37.3 Å². The van der Waals surface area contributed by atoms with E-state index in [2.05, 4.69) is 10.6 Å². The topological polar surface area (TPSA) is 140 Å². The number of nitrogens with zero attached hydrogens (tertiary/aromatic N) is 1. The smallest absolute Gasteiger partial charge is 0.269 e. The Labute approximate surface area is 206 Å². The van der Waals surface area contributed by atoms with Crippen LogP contribution in [0.15, 0.2) is 71.6 Å². The van der Waals surface area contributed by atoms with Crippen LogP contribution in [-0.4, -0.2) is 43.9 Å². The van der Waals surface area contributed by atoms with Crippen molar-refractivity contribution in [2.75, 3.05) is 25.3 Å². The number of hydrazine groups is 1. The fraction of sp³-hybridized carbons (Fsp3) is 0.346. The lowest BCUT2D eigenvalue weighted by Crippen LogP contribution is -2.39. The van der Waals surface area contributed by atoms with Gasteiger partial charge in [-0.2, -0.15) is 0 Å². The molecule has 6 N–H and O–H groups in total. The molecule has 35 heavy (non-hydrogen) atoms. The molecule has 1 aromatic carbocycles. The van der Waals surface area contributed by atoms with E-state index < -0.39 is 0 Å². The van der Waals surface area contributed by atoms with Gasteiger partial charge in [-0.05, 0) is 62.9 Å². The van der Waals surface area contributed by atoms with Gasteiger partial charge in [-0.25, -0.2) is 5.84 Å². The summed E-state index contributed by atoms with van der Waals surface area (Å²) in [5.41, 5.74) is 8.34. The Morgan fingerprint density at radius 1 is 1.11 bits per heavy atom. The van der Waals surface area contributed by atoms with Crippen LogP contribution >= 0.6 is 0 Å². The number of hydrogen-bond acceptors (Lipinski definition) is 7. The summed E-state index contributed by atoms with van der Waals surface area (Å²) < 4.78 is 5.13. The van der Waals surface area contributed by atoms with Gasteiger partial charge in [-0.3, -0.25) is 19.4 Å². The average Bonchev–Trinajstić information content (AvgIpc) is 3.69. The number of rotatable bonds is 9. The third-order valence-corrected chi connectivity index (χ3v) is 5.23. The molecule has 1 saturated carbocycles. The normalized spacial score (nSPS) is 15.0. The minimum absolute atomic E-state index is 0.0176. The van der Waals surface area contributed by atoms with Crippen LogP contribution in [0.2, 0.25) is 0 Å². The number of nitrogens with one attached hydrogen (secondary N) is 2. The number of hydrogen-bond donors (Lipinski definition) is 4. The standard InChI is InChI=1S/C17H25N5O3.C9H10O/c1-3-20-16(23)11-4-8-13(9-5-11)22(19)14(10-25-2)15(18)17(24)21-12-6-7-12;1-8(10)9-6-4-2-3-5-7-9/h4-5,8-9,12H,3,6-7,10,18-19H2,1-2H3,(H,20,23)(H,21,24);2-6H,7H2,1H3/b15-14-;. The van der Waals surface area contributed by atoms with Crippen molar-refractivity contribution in [1.82, 2.24) is 10.6 Å². The van der Waals surface area contributed by atoms with Gasteiger partial charge in [0.1, 0.15) is 5.70 Å². The van der Waals surface area contributed by atoms with E-state index in [1.165, 1.54) is 12.1 Å². The second-order valence-corrected chi connectivity index (χ2v) is 8.08. The largest absolute Gasteiger partial charge is 0.393 e. The van der Waals surface area contributed by atoms with E-state index >= 15 is 0 Å². The molecule has 1 fully saturated rings. The minimum atomic E-state index is -0.357. The molecule has 188 valence electrons. The number of carbonyl (C=O) groups is 3. The van der Waals surface area contributed by atoms with Crippen molar-refractivity contribution in [1.29, 1.82) is 0 Å². The highest BCUT2D eigenvalue weighted by Gasteiger charge is 2.26. The van der Waals surface area contributed by atoms with Gasteiger partial charge in [0.15, 0.2) is 5.78 Å². The van der Waals surface area contributed by atoms with E-state index in [-0.39, 0.29) is 35.9 Å². The van der Waals surface area contributed by atoms with Gasteiger partial charge in [-0.1, -0.05) is 30.4 Å². The molecular weight excluding hydrogens is 446 g/mol. The number of methoxy groups -OCH3 is 1. The molecule has 0 aromatic heterocycles. The molecule has 2 aliphatic carbocycles. The zero-order valence-electron chi connectivity index (χ0n) is 20.5. The molecule has 0 heterocycles. The number of allylic oxidation sites excluding steroid dienone is 6. The number of ether oxygens (including phenoxy) is 1. The molecule has 1 aromatic rings. The van der Waals surface area contributed by atoms with Crippen molar-refractivity contribution >= 4 is 23.3 Å². The zero-order chi connectivity index (χ0) is 25.8. The predicted octanol–water partition coefficient (Wildman–Crippen LogP) is 2.23. The molecule has 0 saturated heterocycles. The van der Waals surface area contributed by atoms with Crippen LogP contribution < -0.4 is 27.2 Å². The van der Waals surface area contributed by atoms with Crippen LogP contribution in [0.1, 0.15) is 43.5 Å². The molecule has 0 unspecified atom stereocenters. The molecule has 0 atom stereocenters. The Hall–Kier alpha value is -3.69. The van der Waals surface area contributed by atoms with E-state index in [4.69, 9.17) is 16.3 Å². The first-order valence-electron chi connectivity index (χ1n) is 11.5. The van der Waals surface area contributed by atoms with Gasteiger partial charge in [0.25, 0.3) is 11.8 Å². The summed E-state index contributed by atoms with van der Waals surface area (Å²) in [6.07, 6.45) is 12.3. The fourth-order valence-electron chi connectivity index (χ4n) is 3.07. The maximum atomic E-state index is 12.2. The summed E-state index contributed by atoms with van der Waals surface area (Å²) in [6, 6.07) is 6.88. The lowest BCUT2D eigenvalue weighted by molar-refractivity contribution is -0.117. The van der Waals surface area contributed by atoms with E-state index in [9.17, 15) is 14.4 Å². The first-order chi connectivity index (χ1) is 16.8. The molecular formula is C26H35N5O4. The molecule has 0 aliphatic heterocycles. The quantitative estimate of drug-likeness (QED) is 0.241. The molecule has 2 aliphatic rings. The van der Waals surface area contributed by atoms with Gasteiger partial charge in [0, 0.05) is 25.3 Å². The van der Waals surface area contributed by atoms with Gasteiger partial charge < -0.3 is 21.1 Å². The Morgan fingerprint density at radius 3 is 2.37 bits per heavy atom. The zero-order valence-corrected chi connectivity index (χ0v) is 20.5. The van der Waals surface area contributed by atoms with Crippen LogP contribution in [0, 0.1) is 0 Å². The molecule has 3 rings (SSSR count). The highest BCUT2D eigenvalue weighted by Crippen LogP contribution is 2.21. The SMILES string of the molecule is CC(=O)C1=CC=CC=CC1.CCNC(=O)c1ccc(N(N)/C(COC)=C(\N)C(=O)NC2CC2)cc1. The number of anilines is 1. The predicted molar refractivity (Wildman–Crippen MR) is 137 cm³/mol. The molecule has 2 amide bonds. The number of benzene rings is 1. The lowest BCUT2D eigenvalue weighted by atomic mass is 10.1. The maximum Gasteiger partial charge on any atom is 0.269 e. The van der Waals surface area contributed by atoms with Crippen molar-refractivity contribution < 1.29 is 19.1 Å². The van der Waals surface area contributed by atoms with Crippen molar-refractivity contribution in [3.05, 3.63) is 77.2 Å². The van der Waals surface area contributed by atoms with Crippen LogP contribution in [0.5, 0.6) is 0 Å². The van der Waals surface area contributed by atoms with Crippen LogP contribution in [0.3, 0.4) is 0 Å². The molecule has 0 spiro atoms. The Morgan fingerprint density at radius 2 is 1.80 bits per heavy atom. The highest BCUT2D eigenvalue weighted by atomic mass is 16.5. The van der Waals surface area contributed by atoms with Crippen LogP contribution in [-0.2, 0) is 14.3 Å². The Bertz CT molecular complexity index is 1020. The Kier molecular flexibility index (Phi) is 10.9. The average molecular weight is 482 g/mol. The first kappa shape index (κ1) is 27.6. The summed E-state index contributed by atoms with van der Waals surface area (Å²) in [7, 11) is 1.50. The van der Waals surface area contributed by atoms with Crippen molar-refractivity contribution in [3.8, 4) is 0 Å². The van der Waals surface area contributed by atoms with Gasteiger partial charge in [0.05, 0.1) is 18.0 Å². The number of nitrogens with two attached hydrogens (primary N) is 2. The highest BCUT2D eigenvalue weighted by molar-refractivity contribution is 5.95. The Balaban J connectivity index is 0.000000360. The van der Waals surface area contributed by atoms with E-state index in [1.54, 1.807) is 31.2 Å². The summed E-state index contributed by atoms with van der Waals surface area (Å²) >= 11 is 0. The summed E-state index contributed by atoms with van der Waals surface area (Å²) in [5, 5.41) is 6.85. The third-order valence-electron chi connectivity index (χ3n) is 5.23. The number of carbonyl (C=O) groups excluding carboxylic acids is 3. The number of ketones is 1. The van der Waals surface area contributed by atoms with Crippen LogP contribution in [0.4, 0.5) is 5.69 Å². The van der Waals surface area contributed by atoms with E-state index in [0.29, 0.717) is 23.5 Å². The molecule has 0 radical (unpaired) electrons. The van der Waals surface area contributed by atoms with Gasteiger partial charge in [-0.15, -0.1) is 0 Å². The fourth-order valence-corrected chi connectivity index (χ4v) is 3.07. The first-order valence-corrected chi connectivity index (χ1v) is 11.5. The van der Waals surface area contributed by atoms with Crippen LogP contribution in [0.25, 0.3) is 0 Å². The summed E-state index contributed by atoms with van der Waals surface area (Å²) in [4.78, 5) is 34.8. The summed E-state index contributed by atoms with van der Waals surface area (Å²) in [6.45, 7) is 4.08. The number of Topliss-reactive ketones (excluding diaryl/α,β-unsaturated/α-hetero) is 1. The monoisotopic (exact) mass is 481 g/mol. The second kappa shape index (κ2) is 13.9. The van der Waals surface area contributed by atoms with E-state index in [0.717, 1.165) is 24.8 Å². The molecule has 0 bridgehead atoms. The summed E-state index contributed by atoms with van der Waals surface area (Å²) in [5.74, 6) is 5.78. The number of amides is 2. The second-order valence-electron chi connectivity index (χ2n) is 8.08. The van der Waals surface area contributed by atoms with Crippen molar-refractivity contribution in [2.24, 2.45) is 11.6 Å². The molecule has 9 heteroatoms. The van der Waals surface area contributed by atoms with Crippen molar-refractivity contribution in [3.63, 3.8) is 0 Å². The minimum Gasteiger partial charge on any atom is -0.393 e. The third kappa shape index (κ3) is 8.88. The molecule has 9 nitrogen and oxygen atoms in total. The van der Waals surface area contributed by atoms with Gasteiger partial charge >= 0.3 is 0 Å². The lowest BCUT2D eigenvalue weighted by Gasteiger charge is -2.23. The maximum absolute atomic E-state index is 12.2.